The average Bonchev–Trinajstić information content (AvgIpc) is 3.43. The number of hydrogen-bond donors (Lipinski definition) is 2. The molecule has 5 rings (SSSR count). The first kappa shape index (κ1) is 31.0. The third-order valence-corrected chi connectivity index (χ3v) is 8.70. The van der Waals surface area contributed by atoms with Gasteiger partial charge in [-0.3, -0.25) is 10.1 Å². The summed E-state index contributed by atoms with van der Waals surface area (Å²) in [4.78, 5) is 28.8. The Morgan fingerprint density at radius 2 is 1.48 bits per heavy atom. The molecule has 230 valence electrons. The van der Waals surface area contributed by atoms with Gasteiger partial charge in [-0.1, -0.05) is 87.0 Å². The molecule has 0 spiro atoms. The zero-order chi connectivity index (χ0) is 31.5. The number of carbonyl (C=O) groups is 2. The molecule has 7 nitrogen and oxygen atoms in total. The number of nitrogens with one attached hydrogen (secondary N) is 2. The Labute approximate surface area is 261 Å². The molecule has 1 aromatic heterocycles. The number of anilines is 2. The smallest absolute Gasteiger partial charge is 0.324 e. The summed E-state index contributed by atoms with van der Waals surface area (Å²) in [5.41, 5.74) is 5.15. The van der Waals surface area contributed by atoms with Crippen molar-refractivity contribution in [2.75, 3.05) is 23.7 Å². The van der Waals surface area contributed by atoms with E-state index in [-0.39, 0.29) is 17.4 Å². The second kappa shape index (κ2) is 12.7. The van der Waals surface area contributed by atoms with Crippen LogP contribution < -0.4 is 10.6 Å². The van der Waals surface area contributed by atoms with Gasteiger partial charge in [0.1, 0.15) is 5.82 Å². The van der Waals surface area contributed by atoms with E-state index in [4.69, 9.17) is 5.10 Å². The number of benzene rings is 3. The van der Waals surface area contributed by atoms with E-state index < -0.39 is 5.41 Å². The van der Waals surface area contributed by atoms with Crippen LogP contribution in [0, 0.1) is 12.8 Å². The lowest BCUT2D eigenvalue weighted by Gasteiger charge is -2.37. The van der Waals surface area contributed by atoms with Crippen LogP contribution >= 0.6 is 0 Å². The molecular formula is C37H45N5O2. The van der Waals surface area contributed by atoms with E-state index in [9.17, 15) is 9.59 Å². The Morgan fingerprint density at radius 3 is 2.14 bits per heavy atom. The molecular weight excluding hydrogens is 546 g/mol. The molecule has 0 aliphatic carbocycles. The van der Waals surface area contributed by atoms with Crippen molar-refractivity contribution in [3.8, 4) is 5.69 Å². The number of aromatic nitrogens is 2. The van der Waals surface area contributed by atoms with E-state index in [1.807, 2.05) is 105 Å². The minimum atomic E-state index is -0.555. The number of carbonyl (C=O) groups excluding carboxylic acids is 2. The molecule has 0 unspecified atom stereocenters. The lowest BCUT2D eigenvalue weighted by atomic mass is 9.82. The Kier molecular flexibility index (Phi) is 8.95. The number of urea groups is 1. The number of aryl methyl sites for hydroxylation is 1. The molecule has 7 heteroatoms. The maximum absolute atomic E-state index is 13.5. The van der Waals surface area contributed by atoms with E-state index in [2.05, 4.69) is 37.5 Å². The second-order valence-corrected chi connectivity index (χ2v) is 13.6. The molecule has 3 aromatic carbocycles. The molecule has 0 saturated carbocycles. The maximum Gasteiger partial charge on any atom is 0.324 e. The summed E-state index contributed by atoms with van der Waals surface area (Å²) >= 11 is 0. The summed E-state index contributed by atoms with van der Waals surface area (Å²) in [5, 5.41) is 11.0. The van der Waals surface area contributed by atoms with Crippen LogP contribution in [-0.2, 0) is 22.0 Å². The van der Waals surface area contributed by atoms with Crippen LogP contribution in [0.5, 0.6) is 0 Å². The first-order valence-corrected chi connectivity index (χ1v) is 15.6. The highest BCUT2D eigenvalue weighted by atomic mass is 16.2. The van der Waals surface area contributed by atoms with Crippen molar-refractivity contribution < 1.29 is 9.59 Å². The van der Waals surface area contributed by atoms with Gasteiger partial charge >= 0.3 is 6.03 Å². The minimum Gasteiger partial charge on any atom is -0.342 e. The van der Waals surface area contributed by atoms with Crippen LogP contribution in [0.1, 0.15) is 69.8 Å². The van der Waals surface area contributed by atoms with Gasteiger partial charge in [-0.05, 0) is 75.3 Å². The molecule has 0 radical (unpaired) electrons. The van der Waals surface area contributed by atoms with E-state index in [1.54, 1.807) is 4.68 Å². The molecule has 3 amide bonds. The fourth-order valence-corrected chi connectivity index (χ4v) is 5.83. The minimum absolute atomic E-state index is 0.174. The van der Waals surface area contributed by atoms with Gasteiger partial charge in [-0.25, -0.2) is 9.48 Å². The fraction of sp³-hybridized carbons (Fsp3) is 0.378. The van der Waals surface area contributed by atoms with E-state index >= 15 is 0 Å². The first-order valence-electron chi connectivity index (χ1n) is 15.6. The van der Waals surface area contributed by atoms with Crippen LogP contribution in [0.15, 0.2) is 84.9 Å². The molecule has 2 N–H and O–H groups in total. The highest BCUT2D eigenvalue weighted by Gasteiger charge is 2.35. The Morgan fingerprint density at radius 1 is 0.841 bits per heavy atom. The van der Waals surface area contributed by atoms with Gasteiger partial charge in [0.05, 0.1) is 16.8 Å². The number of piperidine rings is 1. The van der Waals surface area contributed by atoms with Gasteiger partial charge in [0, 0.05) is 30.3 Å². The highest BCUT2D eigenvalue weighted by molar-refractivity contribution is 6.00. The number of rotatable bonds is 7. The van der Waals surface area contributed by atoms with Crippen molar-refractivity contribution in [2.24, 2.45) is 5.92 Å². The van der Waals surface area contributed by atoms with Crippen LogP contribution in [0.2, 0.25) is 0 Å². The van der Waals surface area contributed by atoms with Gasteiger partial charge in [-0.2, -0.15) is 5.10 Å². The summed E-state index contributed by atoms with van der Waals surface area (Å²) in [7, 11) is 0. The van der Waals surface area contributed by atoms with Gasteiger partial charge in [0.25, 0.3) is 0 Å². The number of hydrogen-bond acceptors (Lipinski definition) is 3. The molecule has 0 bridgehead atoms. The van der Waals surface area contributed by atoms with Crippen LogP contribution in [0.4, 0.5) is 16.3 Å². The zero-order valence-electron chi connectivity index (χ0n) is 26.9. The van der Waals surface area contributed by atoms with Crippen molar-refractivity contribution >= 4 is 23.4 Å². The lowest BCUT2D eigenvalue weighted by Crippen LogP contribution is -2.47. The van der Waals surface area contributed by atoms with Gasteiger partial charge < -0.3 is 10.2 Å². The lowest BCUT2D eigenvalue weighted by molar-refractivity contribution is -0.137. The number of likely N-dealkylation sites (tertiary alicyclic amines) is 1. The maximum atomic E-state index is 13.5. The van der Waals surface area contributed by atoms with Crippen molar-refractivity contribution in [1.82, 2.24) is 14.7 Å². The summed E-state index contributed by atoms with van der Waals surface area (Å²) in [6, 6.07) is 27.8. The molecule has 2 heterocycles. The third-order valence-electron chi connectivity index (χ3n) is 8.70. The molecule has 44 heavy (non-hydrogen) atoms. The largest absolute Gasteiger partial charge is 0.342 e. The van der Waals surface area contributed by atoms with Gasteiger partial charge in [0.15, 0.2) is 0 Å². The SMILES string of the molecule is Cc1ccc(-n2nc(C(C)(C)C)cc2NC(=O)Nc2ccccc2CC2CCN(C(=O)C(C)(C)c3ccccc3)CC2)cc1. The van der Waals surface area contributed by atoms with Crippen LogP contribution in [0.3, 0.4) is 0 Å². The third kappa shape index (κ3) is 7.04. The second-order valence-electron chi connectivity index (χ2n) is 13.6. The molecule has 0 atom stereocenters. The van der Waals surface area contributed by atoms with E-state index in [1.165, 1.54) is 0 Å². The molecule has 1 fully saturated rings. The van der Waals surface area contributed by atoms with Gasteiger partial charge in [0.2, 0.25) is 5.91 Å². The standard InChI is InChI=1S/C37H45N5O2/c1-26-16-18-30(19-17-26)42-33(25-32(40-42)36(2,3)4)39-35(44)38-31-15-11-10-12-28(31)24-27-20-22-41(23-21-27)34(43)37(5,6)29-13-8-7-9-14-29/h7-19,25,27H,20-24H2,1-6H3,(H2,38,39,44). The van der Waals surface area contributed by atoms with Crippen molar-refractivity contribution in [3.63, 3.8) is 0 Å². The average molecular weight is 592 g/mol. The molecule has 1 saturated heterocycles. The Hall–Kier alpha value is -4.39. The normalized spacial score (nSPS) is 14.4. The molecule has 1 aliphatic rings. The Bertz CT molecular complexity index is 1590. The van der Waals surface area contributed by atoms with E-state index in [0.717, 1.165) is 66.1 Å². The summed E-state index contributed by atoms with van der Waals surface area (Å²) < 4.78 is 1.79. The monoisotopic (exact) mass is 591 g/mol. The number of nitrogens with zero attached hydrogens (tertiary/aromatic N) is 3. The van der Waals surface area contributed by atoms with Crippen molar-refractivity contribution in [1.29, 1.82) is 0 Å². The van der Waals surface area contributed by atoms with Crippen LogP contribution in [-0.4, -0.2) is 39.7 Å². The van der Waals surface area contributed by atoms with Crippen molar-refractivity contribution in [2.45, 2.75) is 71.6 Å². The number of para-hydroxylation sites is 1. The topological polar surface area (TPSA) is 79.3 Å². The molecule has 4 aromatic rings. The van der Waals surface area contributed by atoms with E-state index in [0.29, 0.717) is 11.7 Å². The fourth-order valence-electron chi connectivity index (χ4n) is 5.83. The summed E-state index contributed by atoms with van der Waals surface area (Å²) in [6.07, 6.45) is 2.71. The van der Waals surface area contributed by atoms with Crippen molar-refractivity contribution in [3.05, 3.63) is 107 Å². The molecule has 1 aliphatic heterocycles. The summed E-state index contributed by atoms with van der Waals surface area (Å²) in [5.74, 6) is 1.23. The first-order chi connectivity index (χ1) is 20.9. The predicted octanol–water partition coefficient (Wildman–Crippen LogP) is 7.88. The number of amides is 3. The highest BCUT2D eigenvalue weighted by Crippen LogP contribution is 2.31. The van der Waals surface area contributed by atoms with Gasteiger partial charge in [-0.15, -0.1) is 0 Å². The Balaban J connectivity index is 1.24. The summed E-state index contributed by atoms with van der Waals surface area (Å²) in [6.45, 7) is 13.9. The predicted molar refractivity (Wildman–Crippen MR) is 179 cm³/mol. The quantitative estimate of drug-likeness (QED) is 0.229. The van der Waals surface area contributed by atoms with Crippen LogP contribution in [0.25, 0.3) is 5.69 Å². The zero-order valence-corrected chi connectivity index (χ0v) is 26.9.